The minimum Gasteiger partial charge on any atom is -0.377 e. The summed E-state index contributed by atoms with van der Waals surface area (Å²) < 4.78 is 5.97. The molecule has 2 aliphatic heterocycles. The molecule has 3 nitrogen and oxygen atoms in total. The van der Waals surface area contributed by atoms with Gasteiger partial charge in [-0.25, -0.2) is 0 Å². The molecule has 2 aliphatic rings. The average Bonchev–Trinajstić information content (AvgIpc) is 2.69. The molecule has 2 fully saturated rings. The van der Waals surface area contributed by atoms with Crippen LogP contribution in [-0.4, -0.2) is 35.7 Å². The van der Waals surface area contributed by atoms with E-state index >= 15 is 0 Å². The summed E-state index contributed by atoms with van der Waals surface area (Å²) in [6.07, 6.45) is 5.43. The number of hydrogen-bond donors (Lipinski definition) is 1. The zero-order chi connectivity index (χ0) is 13.9. The molecule has 2 bridgehead atoms. The quantitative estimate of drug-likeness (QED) is 0.897. The number of nitrogens with two attached hydrogens (primary N) is 1. The molecule has 1 aromatic rings. The highest BCUT2D eigenvalue weighted by molar-refractivity contribution is 5.15. The third kappa shape index (κ3) is 3.22. The van der Waals surface area contributed by atoms with Crippen LogP contribution in [-0.2, 0) is 11.3 Å². The van der Waals surface area contributed by atoms with Gasteiger partial charge >= 0.3 is 0 Å². The fourth-order valence-electron chi connectivity index (χ4n) is 3.70. The highest BCUT2D eigenvalue weighted by Crippen LogP contribution is 2.37. The number of hydrogen-bond acceptors (Lipinski definition) is 3. The maximum absolute atomic E-state index is 5.97. The van der Waals surface area contributed by atoms with Crippen molar-refractivity contribution in [2.75, 3.05) is 6.61 Å². The van der Waals surface area contributed by atoms with Crippen molar-refractivity contribution in [1.82, 2.24) is 4.90 Å². The van der Waals surface area contributed by atoms with E-state index in [1.165, 1.54) is 31.2 Å². The van der Waals surface area contributed by atoms with E-state index in [4.69, 9.17) is 10.5 Å². The Balaban J connectivity index is 1.58. The first-order chi connectivity index (χ1) is 9.72. The molecule has 0 radical (unpaired) electrons. The molecule has 0 amide bonds. The van der Waals surface area contributed by atoms with Crippen molar-refractivity contribution in [3.8, 4) is 0 Å². The summed E-state index contributed by atoms with van der Waals surface area (Å²) in [7, 11) is 0. The van der Waals surface area contributed by atoms with Gasteiger partial charge in [0.05, 0.1) is 12.7 Å². The molecule has 3 unspecified atom stereocenters. The summed E-state index contributed by atoms with van der Waals surface area (Å²) in [4.78, 5) is 2.70. The number of benzene rings is 1. The van der Waals surface area contributed by atoms with Crippen LogP contribution in [0.1, 0.15) is 38.2 Å². The topological polar surface area (TPSA) is 38.5 Å². The Morgan fingerprint density at radius 2 is 1.85 bits per heavy atom. The van der Waals surface area contributed by atoms with Gasteiger partial charge in [-0.15, -0.1) is 0 Å². The van der Waals surface area contributed by atoms with E-state index in [0.29, 0.717) is 24.8 Å². The van der Waals surface area contributed by atoms with Crippen LogP contribution in [0.3, 0.4) is 0 Å². The Labute approximate surface area is 122 Å². The molecule has 20 heavy (non-hydrogen) atoms. The monoisotopic (exact) mass is 274 g/mol. The van der Waals surface area contributed by atoms with E-state index in [2.05, 4.69) is 35.2 Å². The van der Waals surface area contributed by atoms with Crippen LogP contribution in [0, 0.1) is 0 Å². The number of nitrogens with zero attached hydrogens (tertiary/aromatic N) is 1. The first-order valence-electron chi connectivity index (χ1n) is 7.89. The number of rotatable bonds is 5. The summed E-state index contributed by atoms with van der Waals surface area (Å²) >= 11 is 0. The molecule has 0 aliphatic carbocycles. The lowest BCUT2D eigenvalue weighted by atomic mass is 9.98. The maximum Gasteiger partial charge on any atom is 0.0618 e. The van der Waals surface area contributed by atoms with Crippen molar-refractivity contribution in [2.24, 2.45) is 5.73 Å². The molecule has 2 N–H and O–H groups in total. The maximum atomic E-state index is 5.97. The Bertz CT molecular complexity index is 406. The smallest absolute Gasteiger partial charge is 0.0618 e. The zero-order valence-corrected chi connectivity index (χ0v) is 12.4. The summed E-state index contributed by atoms with van der Waals surface area (Å²) in [5, 5.41) is 0. The van der Waals surface area contributed by atoms with Crippen LogP contribution in [0.25, 0.3) is 0 Å². The fraction of sp³-hybridized carbons (Fsp3) is 0.647. The molecule has 2 saturated heterocycles. The minimum atomic E-state index is 0.148. The van der Waals surface area contributed by atoms with E-state index in [1.54, 1.807) is 0 Å². The summed E-state index contributed by atoms with van der Waals surface area (Å²) in [5.41, 5.74) is 7.22. The van der Waals surface area contributed by atoms with Crippen molar-refractivity contribution in [3.63, 3.8) is 0 Å². The highest BCUT2D eigenvalue weighted by atomic mass is 16.5. The second-order valence-corrected chi connectivity index (χ2v) is 6.45. The molecule has 3 rings (SSSR count). The molecular formula is C17H26N2O. The molecule has 1 aromatic carbocycles. The Morgan fingerprint density at radius 1 is 1.20 bits per heavy atom. The second-order valence-electron chi connectivity index (χ2n) is 6.45. The van der Waals surface area contributed by atoms with Gasteiger partial charge in [0.2, 0.25) is 0 Å². The Hall–Kier alpha value is -0.900. The van der Waals surface area contributed by atoms with Gasteiger partial charge in [-0.05, 0) is 38.2 Å². The average molecular weight is 274 g/mol. The van der Waals surface area contributed by atoms with Crippen LogP contribution in [0.5, 0.6) is 0 Å². The van der Waals surface area contributed by atoms with Crippen LogP contribution in [0.2, 0.25) is 0 Å². The Kier molecular flexibility index (Phi) is 4.39. The SMILES string of the molecule is CC(N)COC1CC2CCC(C1)N2Cc1ccccc1. The molecular weight excluding hydrogens is 248 g/mol. The molecule has 3 heteroatoms. The first kappa shape index (κ1) is 14.1. The first-order valence-corrected chi connectivity index (χ1v) is 7.89. The standard InChI is InChI=1S/C17H26N2O/c1-13(18)12-20-17-9-15-7-8-16(10-17)19(15)11-14-5-3-2-4-6-14/h2-6,13,15-17H,7-12,18H2,1H3. The van der Waals surface area contributed by atoms with Crippen molar-refractivity contribution in [3.05, 3.63) is 35.9 Å². The van der Waals surface area contributed by atoms with Crippen molar-refractivity contribution < 1.29 is 4.74 Å². The van der Waals surface area contributed by atoms with E-state index in [1.807, 2.05) is 6.92 Å². The molecule has 0 aromatic heterocycles. The van der Waals surface area contributed by atoms with E-state index in [-0.39, 0.29) is 6.04 Å². The van der Waals surface area contributed by atoms with E-state index in [0.717, 1.165) is 6.54 Å². The van der Waals surface area contributed by atoms with Gasteiger partial charge in [-0.2, -0.15) is 0 Å². The van der Waals surface area contributed by atoms with Gasteiger partial charge in [0.25, 0.3) is 0 Å². The van der Waals surface area contributed by atoms with Gasteiger partial charge in [-0.1, -0.05) is 30.3 Å². The highest BCUT2D eigenvalue weighted by Gasteiger charge is 2.40. The lowest BCUT2D eigenvalue weighted by Crippen LogP contribution is -2.45. The van der Waals surface area contributed by atoms with Crippen LogP contribution < -0.4 is 5.73 Å². The normalized spacial score (nSPS) is 31.4. The van der Waals surface area contributed by atoms with Gasteiger partial charge in [0.1, 0.15) is 0 Å². The third-order valence-electron chi connectivity index (χ3n) is 4.64. The number of piperidine rings is 1. The van der Waals surface area contributed by atoms with Crippen molar-refractivity contribution in [1.29, 1.82) is 0 Å². The summed E-state index contributed by atoms with van der Waals surface area (Å²) in [5.74, 6) is 0. The molecule has 2 heterocycles. The predicted molar refractivity (Wildman–Crippen MR) is 81.4 cm³/mol. The molecule has 110 valence electrons. The number of fused-ring (bicyclic) bond motifs is 2. The minimum absolute atomic E-state index is 0.148. The summed E-state index contributed by atoms with van der Waals surface area (Å²) in [6.45, 7) is 3.80. The fourth-order valence-corrected chi connectivity index (χ4v) is 3.70. The van der Waals surface area contributed by atoms with Crippen molar-refractivity contribution in [2.45, 2.75) is 63.4 Å². The van der Waals surface area contributed by atoms with Gasteiger partial charge in [-0.3, -0.25) is 4.90 Å². The summed E-state index contributed by atoms with van der Waals surface area (Å²) in [6, 6.07) is 12.4. The second kappa shape index (κ2) is 6.25. The largest absolute Gasteiger partial charge is 0.377 e. The third-order valence-corrected chi connectivity index (χ3v) is 4.64. The molecule has 3 atom stereocenters. The zero-order valence-electron chi connectivity index (χ0n) is 12.4. The molecule has 0 spiro atoms. The van der Waals surface area contributed by atoms with Crippen LogP contribution >= 0.6 is 0 Å². The number of ether oxygens (including phenoxy) is 1. The lowest BCUT2D eigenvalue weighted by molar-refractivity contribution is -0.0256. The predicted octanol–water partition coefficient (Wildman–Crippen LogP) is 2.55. The van der Waals surface area contributed by atoms with Crippen LogP contribution in [0.15, 0.2) is 30.3 Å². The lowest BCUT2D eigenvalue weighted by Gasteiger charge is -2.39. The van der Waals surface area contributed by atoms with Gasteiger partial charge in [0, 0.05) is 24.7 Å². The van der Waals surface area contributed by atoms with E-state index < -0.39 is 0 Å². The Morgan fingerprint density at radius 3 is 2.45 bits per heavy atom. The molecule has 0 saturated carbocycles. The van der Waals surface area contributed by atoms with E-state index in [9.17, 15) is 0 Å². The van der Waals surface area contributed by atoms with Gasteiger partial charge in [0.15, 0.2) is 0 Å². The van der Waals surface area contributed by atoms with Gasteiger partial charge < -0.3 is 10.5 Å². The van der Waals surface area contributed by atoms with Crippen molar-refractivity contribution >= 4 is 0 Å². The van der Waals surface area contributed by atoms with Crippen LogP contribution in [0.4, 0.5) is 0 Å².